The summed E-state index contributed by atoms with van der Waals surface area (Å²) in [5, 5.41) is 3.40. The van der Waals surface area contributed by atoms with Crippen molar-refractivity contribution in [1.82, 2.24) is 4.98 Å². The summed E-state index contributed by atoms with van der Waals surface area (Å²) < 4.78 is 5.53. The lowest BCUT2D eigenvalue weighted by atomic mass is 10.2. The molecule has 4 heteroatoms. The monoisotopic (exact) mass is 254 g/mol. The lowest BCUT2D eigenvalue weighted by Crippen LogP contribution is -2.17. The number of nitrogens with zero attached hydrogens (tertiary/aromatic N) is 1. The van der Waals surface area contributed by atoms with Gasteiger partial charge in [-0.05, 0) is 43.9 Å². The van der Waals surface area contributed by atoms with Crippen LogP contribution in [0, 0.1) is 0 Å². The van der Waals surface area contributed by atoms with Crippen molar-refractivity contribution in [1.29, 1.82) is 0 Å². The van der Waals surface area contributed by atoms with Crippen LogP contribution < -0.4 is 10.1 Å². The smallest absolute Gasteiger partial charge is 0.168 e. The zero-order valence-corrected chi connectivity index (χ0v) is 11.7. The minimum absolute atomic E-state index is 0.420. The molecule has 1 rings (SSSR count). The van der Waals surface area contributed by atoms with Crippen molar-refractivity contribution >= 4 is 17.6 Å². The highest BCUT2D eigenvalue weighted by molar-refractivity contribution is 7.99. The van der Waals surface area contributed by atoms with Crippen molar-refractivity contribution in [2.75, 3.05) is 23.4 Å². The van der Waals surface area contributed by atoms with Gasteiger partial charge in [0.05, 0.1) is 6.61 Å². The van der Waals surface area contributed by atoms with Crippen molar-refractivity contribution in [3.8, 4) is 5.75 Å². The average Bonchev–Trinajstić information content (AvgIpc) is 2.32. The Bertz CT molecular complexity index is 320. The van der Waals surface area contributed by atoms with Gasteiger partial charge in [-0.2, -0.15) is 11.8 Å². The molecule has 0 amide bonds. The van der Waals surface area contributed by atoms with Gasteiger partial charge in [-0.15, -0.1) is 0 Å². The second kappa shape index (κ2) is 8.23. The van der Waals surface area contributed by atoms with Crippen molar-refractivity contribution in [2.24, 2.45) is 0 Å². The summed E-state index contributed by atoms with van der Waals surface area (Å²) in [4.78, 5) is 4.32. The maximum absolute atomic E-state index is 5.53. The predicted octanol–water partition coefficient (Wildman–Crippen LogP) is 3.42. The van der Waals surface area contributed by atoms with Gasteiger partial charge >= 0.3 is 0 Å². The SMILES string of the molecule is CCOc1cccnc1NC(C)CCSCC. The van der Waals surface area contributed by atoms with E-state index in [2.05, 4.69) is 24.1 Å². The first-order valence-electron chi connectivity index (χ1n) is 6.20. The Kier molecular flexibility index (Phi) is 6.86. The van der Waals surface area contributed by atoms with Crippen LogP contribution in [0.1, 0.15) is 27.2 Å². The summed E-state index contributed by atoms with van der Waals surface area (Å²) >= 11 is 1.97. The number of pyridine rings is 1. The van der Waals surface area contributed by atoms with E-state index in [4.69, 9.17) is 4.74 Å². The lowest BCUT2D eigenvalue weighted by Gasteiger charge is -2.16. The molecule has 0 radical (unpaired) electrons. The van der Waals surface area contributed by atoms with Crippen LogP contribution in [0.2, 0.25) is 0 Å². The van der Waals surface area contributed by atoms with Gasteiger partial charge in [0, 0.05) is 12.2 Å². The fraction of sp³-hybridized carbons (Fsp3) is 0.615. The van der Waals surface area contributed by atoms with Crippen LogP contribution in [0.3, 0.4) is 0 Å². The number of hydrogen-bond donors (Lipinski definition) is 1. The fourth-order valence-electron chi connectivity index (χ4n) is 1.48. The molecule has 1 atom stereocenters. The molecule has 96 valence electrons. The Morgan fingerprint density at radius 1 is 1.47 bits per heavy atom. The number of nitrogens with one attached hydrogen (secondary N) is 1. The third-order valence-electron chi connectivity index (χ3n) is 2.35. The molecule has 0 aliphatic carbocycles. The summed E-state index contributed by atoms with van der Waals surface area (Å²) in [5.74, 6) is 4.05. The molecular weight excluding hydrogens is 232 g/mol. The Hall–Kier alpha value is -0.900. The largest absolute Gasteiger partial charge is 0.490 e. The van der Waals surface area contributed by atoms with E-state index >= 15 is 0 Å². The summed E-state index contributed by atoms with van der Waals surface area (Å²) in [6.45, 7) is 7.02. The van der Waals surface area contributed by atoms with Crippen LogP contribution in [0.5, 0.6) is 5.75 Å². The summed E-state index contributed by atoms with van der Waals surface area (Å²) in [7, 11) is 0. The molecule has 0 aromatic carbocycles. The van der Waals surface area contributed by atoms with Crippen LogP contribution in [0.25, 0.3) is 0 Å². The van der Waals surface area contributed by atoms with E-state index in [1.807, 2.05) is 30.8 Å². The molecular formula is C13H22N2OS. The molecule has 1 unspecified atom stereocenters. The molecule has 1 aromatic heterocycles. The molecule has 1 N–H and O–H groups in total. The minimum Gasteiger partial charge on any atom is -0.490 e. The molecule has 0 aliphatic rings. The van der Waals surface area contributed by atoms with Crippen LogP contribution in [0.15, 0.2) is 18.3 Å². The molecule has 0 bridgehead atoms. The van der Waals surface area contributed by atoms with Crippen molar-refractivity contribution in [2.45, 2.75) is 33.2 Å². The van der Waals surface area contributed by atoms with Gasteiger partial charge < -0.3 is 10.1 Å². The van der Waals surface area contributed by atoms with Crippen molar-refractivity contribution < 1.29 is 4.74 Å². The number of rotatable bonds is 8. The molecule has 0 fully saturated rings. The Labute approximate surface area is 108 Å². The first-order chi connectivity index (χ1) is 8.27. The van der Waals surface area contributed by atoms with Gasteiger partial charge in [0.1, 0.15) is 0 Å². The highest BCUT2D eigenvalue weighted by Crippen LogP contribution is 2.22. The number of ether oxygens (including phenoxy) is 1. The Morgan fingerprint density at radius 2 is 2.29 bits per heavy atom. The van der Waals surface area contributed by atoms with Crippen molar-refractivity contribution in [3.05, 3.63) is 18.3 Å². The van der Waals surface area contributed by atoms with E-state index in [0.717, 1.165) is 18.0 Å². The molecule has 3 nitrogen and oxygen atoms in total. The van der Waals surface area contributed by atoms with E-state index in [-0.39, 0.29) is 0 Å². The van der Waals surface area contributed by atoms with Crippen LogP contribution >= 0.6 is 11.8 Å². The van der Waals surface area contributed by atoms with Gasteiger partial charge in [-0.1, -0.05) is 6.92 Å². The molecule has 0 saturated carbocycles. The Balaban J connectivity index is 2.48. The lowest BCUT2D eigenvalue weighted by molar-refractivity contribution is 0.340. The normalized spacial score (nSPS) is 12.2. The van der Waals surface area contributed by atoms with Gasteiger partial charge in [0.2, 0.25) is 0 Å². The van der Waals surface area contributed by atoms with Gasteiger partial charge in [-0.25, -0.2) is 4.98 Å². The van der Waals surface area contributed by atoms with Gasteiger partial charge in [-0.3, -0.25) is 0 Å². The minimum atomic E-state index is 0.420. The molecule has 0 aliphatic heterocycles. The second-order valence-electron chi connectivity index (χ2n) is 3.81. The van der Waals surface area contributed by atoms with Gasteiger partial charge in [0.25, 0.3) is 0 Å². The van der Waals surface area contributed by atoms with E-state index in [1.165, 1.54) is 11.5 Å². The first kappa shape index (κ1) is 14.2. The molecule has 1 aromatic rings. The molecule has 0 saturated heterocycles. The molecule has 17 heavy (non-hydrogen) atoms. The van der Waals surface area contributed by atoms with E-state index < -0.39 is 0 Å². The maximum atomic E-state index is 5.53. The van der Waals surface area contributed by atoms with Crippen LogP contribution in [0.4, 0.5) is 5.82 Å². The van der Waals surface area contributed by atoms with Crippen LogP contribution in [-0.2, 0) is 0 Å². The fourth-order valence-corrected chi connectivity index (χ4v) is 2.29. The maximum Gasteiger partial charge on any atom is 0.168 e. The first-order valence-corrected chi connectivity index (χ1v) is 7.35. The molecule has 0 spiro atoms. The number of thioether (sulfide) groups is 1. The van der Waals surface area contributed by atoms with Gasteiger partial charge in [0.15, 0.2) is 11.6 Å². The van der Waals surface area contributed by atoms with Crippen LogP contribution in [-0.4, -0.2) is 29.1 Å². The third kappa shape index (κ3) is 5.31. The summed E-state index contributed by atoms with van der Waals surface area (Å²) in [5.41, 5.74) is 0. The van der Waals surface area contributed by atoms with E-state index in [1.54, 1.807) is 6.20 Å². The number of aromatic nitrogens is 1. The summed E-state index contributed by atoms with van der Waals surface area (Å²) in [6.07, 6.45) is 2.93. The summed E-state index contributed by atoms with van der Waals surface area (Å²) in [6, 6.07) is 4.27. The number of anilines is 1. The van der Waals surface area contributed by atoms with E-state index in [0.29, 0.717) is 12.6 Å². The third-order valence-corrected chi connectivity index (χ3v) is 3.29. The zero-order valence-electron chi connectivity index (χ0n) is 10.9. The highest BCUT2D eigenvalue weighted by atomic mass is 32.2. The average molecular weight is 254 g/mol. The van der Waals surface area contributed by atoms with Crippen molar-refractivity contribution in [3.63, 3.8) is 0 Å². The topological polar surface area (TPSA) is 34.1 Å². The zero-order chi connectivity index (χ0) is 12.5. The standard InChI is InChI=1S/C13H22N2OS/c1-4-16-12-7-6-9-14-13(12)15-11(3)8-10-17-5-2/h6-7,9,11H,4-5,8,10H2,1-3H3,(H,14,15). The number of hydrogen-bond acceptors (Lipinski definition) is 4. The Morgan fingerprint density at radius 3 is 3.00 bits per heavy atom. The second-order valence-corrected chi connectivity index (χ2v) is 5.21. The highest BCUT2D eigenvalue weighted by Gasteiger charge is 2.07. The predicted molar refractivity (Wildman–Crippen MR) is 76.1 cm³/mol. The quantitative estimate of drug-likeness (QED) is 0.721. The van der Waals surface area contributed by atoms with E-state index in [9.17, 15) is 0 Å². The molecule has 1 heterocycles.